The molecule has 0 aromatic carbocycles. The summed E-state index contributed by atoms with van der Waals surface area (Å²) in [5, 5.41) is 4.13. The first-order valence-corrected chi connectivity index (χ1v) is 5.75. The van der Waals surface area contributed by atoms with Gasteiger partial charge in [0.05, 0.1) is 10.7 Å². The highest BCUT2D eigenvalue weighted by Gasteiger charge is 2.18. The quantitative estimate of drug-likeness (QED) is 0.813. The summed E-state index contributed by atoms with van der Waals surface area (Å²) in [7, 11) is 0. The highest BCUT2D eigenvalue weighted by molar-refractivity contribution is 6.33. The average Bonchev–Trinajstić information content (AvgIpc) is 2.25. The molecule has 0 bridgehead atoms. The number of nitrogens with two attached hydrogens (primary N) is 1. The first-order valence-electron chi connectivity index (χ1n) is 5.37. The number of halogens is 1. The van der Waals surface area contributed by atoms with Crippen LogP contribution < -0.4 is 11.1 Å². The predicted molar refractivity (Wildman–Crippen MR) is 63.1 cm³/mol. The number of pyridine rings is 1. The molecule has 1 saturated carbocycles. The summed E-state index contributed by atoms with van der Waals surface area (Å²) in [5.74, 6) is 0. The minimum atomic E-state index is 0.385. The standard InChI is InChI=1S/C11H16ClN3/c12-10-7-14-6-5-11(10)15-9-3-1-8(13)2-4-9/h5-9H,1-4,13H2,(H,14,15). The van der Waals surface area contributed by atoms with Crippen LogP contribution in [0.2, 0.25) is 5.02 Å². The molecule has 0 spiro atoms. The topological polar surface area (TPSA) is 50.9 Å². The van der Waals surface area contributed by atoms with Crippen LogP contribution in [0.3, 0.4) is 0 Å². The van der Waals surface area contributed by atoms with E-state index in [2.05, 4.69) is 10.3 Å². The maximum absolute atomic E-state index is 6.02. The van der Waals surface area contributed by atoms with Gasteiger partial charge in [0.15, 0.2) is 0 Å². The van der Waals surface area contributed by atoms with Crippen LogP contribution in [0.25, 0.3) is 0 Å². The normalized spacial score (nSPS) is 26.3. The molecule has 15 heavy (non-hydrogen) atoms. The molecule has 1 fully saturated rings. The zero-order valence-electron chi connectivity index (χ0n) is 8.62. The van der Waals surface area contributed by atoms with E-state index in [-0.39, 0.29) is 0 Å². The van der Waals surface area contributed by atoms with Crippen molar-refractivity contribution in [1.82, 2.24) is 4.98 Å². The van der Waals surface area contributed by atoms with Crippen molar-refractivity contribution in [2.75, 3.05) is 5.32 Å². The Balaban J connectivity index is 1.95. The largest absolute Gasteiger partial charge is 0.381 e. The van der Waals surface area contributed by atoms with Crippen LogP contribution in [-0.2, 0) is 0 Å². The van der Waals surface area contributed by atoms with Crippen molar-refractivity contribution in [1.29, 1.82) is 0 Å². The number of nitrogens with one attached hydrogen (secondary N) is 1. The van der Waals surface area contributed by atoms with Gasteiger partial charge in [-0.3, -0.25) is 4.98 Å². The van der Waals surface area contributed by atoms with Gasteiger partial charge in [-0.25, -0.2) is 0 Å². The third-order valence-electron chi connectivity index (χ3n) is 2.90. The maximum atomic E-state index is 6.02. The second-order valence-corrected chi connectivity index (χ2v) is 4.52. The lowest BCUT2D eigenvalue weighted by Crippen LogP contribution is -2.32. The molecule has 3 N–H and O–H groups in total. The summed E-state index contributed by atoms with van der Waals surface area (Å²) in [4.78, 5) is 3.96. The molecule has 82 valence electrons. The van der Waals surface area contributed by atoms with Crippen molar-refractivity contribution < 1.29 is 0 Å². The molecule has 0 unspecified atom stereocenters. The van der Waals surface area contributed by atoms with E-state index in [1.807, 2.05) is 6.07 Å². The Labute approximate surface area is 95.0 Å². The molecule has 1 aromatic heterocycles. The van der Waals surface area contributed by atoms with Crippen molar-refractivity contribution in [2.45, 2.75) is 37.8 Å². The van der Waals surface area contributed by atoms with Crippen molar-refractivity contribution >= 4 is 17.3 Å². The third-order valence-corrected chi connectivity index (χ3v) is 3.21. The summed E-state index contributed by atoms with van der Waals surface area (Å²) in [6, 6.07) is 2.80. The van der Waals surface area contributed by atoms with Crippen LogP contribution in [0.4, 0.5) is 5.69 Å². The molecule has 0 radical (unpaired) electrons. The van der Waals surface area contributed by atoms with Crippen LogP contribution in [0.5, 0.6) is 0 Å². The number of hydrogen-bond acceptors (Lipinski definition) is 3. The summed E-state index contributed by atoms with van der Waals surface area (Å²) < 4.78 is 0. The van der Waals surface area contributed by atoms with Crippen LogP contribution in [0.1, 0.15) is 25.7 Å². The van der Waals surface area contributed by atoms with E-state index < -0.39 is 0 Å². The number of nitrogens with zero attached hydrogens (tertiary/aromatic N) is 1. The Morgan fingerprint density at radius 3 is 2.73 bits per heavy atom. The molecule has 1 aliphatic rings. The number of hydrogen-bond donors (Lipinski definition) is 2. The van der Waals surface area contributed by atoms with E-state index in [9.17, 15) is 0 Å². The molecule has 0 aliphatic heterocycles. The number of anilines is 1. The van der Waals surface area contributed by atoms with E-state index >= 15 is 0 Å². The van der Waals surface area contributed by atoms with E-state index in [4.69, 9.17) is 17.3 Å². The fraction of sp³-hybridized carbons (Fsp3) is 0.545. The Bertz CT molecular complexity index is 321. The van der Waals surface area contributed by atoms with Gasteiger partial charge in [-0.05, 0) is 31.7 Å². The molecular formula is C11H16ClN3. The molecule has 0 atom stereocenters. The predicted octanol–water partition coefficient (Wildman–Crippen LogP) is 2.42. The zero-order chi connectivity index (χ0) is 10.7. The highest BCUT2D eigenvalue weighted by Crippen LogP contribution is 2.25. The van der Waals surface area contributed by atoms with Gasteiger partial charge in [0, 0.05) is 24.5 Å². The van der Waals surface area contributed by atoms with Crippen molar-refractivity contribution in [2.24, 2.45) is 5.73 Å². The van der Waals surface area contributed by atoms with Crippen molar-refractivity contribution in [3.63, 3.8) is 0 Å². The summed E-state index contributed by atoms with van der Waals surface area (Å²) in [6.45, 7) is 0. The van der Waals surface area contributed by atoms with Crippen molar-refractivity contribution in [3.8, 4) is 0 Å². The molecule has 0 saturated heterocycles. The Hall–Kier alpha value is -0.800. The van der Waals surface area contributed by atoms with Crippen LogP contribution in [0.15, 0.2) is 18.5 Å². The molecule has 1 aliphatic carbocycles. The molecular weight excluding hydrogens is 210 g/mol. The average molecular weight is 226 g/mol. The van der Waals surface area contributed by atoms with Crippen molar-refractivity contribution in [3.05, 3.63) is 23.5 Å². The minimum Gasteiger partial charge on any atom is -0.381 e. The second kappa shape index (κ2) is 4.81. The second-order valence-electron chi connectivity index (χ2n) is 4.11. The van der Waals surface area contributed by atoms with E-state index in [0.29, 0.717) is 17.1 Å². The van der Waals surface area contributed by atoms with Gasteiger partial charge in [0.25, 0.3) is 0 Å². The fourth-order valence-corrected chi connectivity index (χ4v) is 2.15. The number of rotatable bonds is 2. The molecule has 1 heterocycles. The zero-order valence-corrected chi connectivity index (χ0v) is 9.37. The van der Waals surface area contributed by atoms with Gasteiger partial charge in [0.1, 0.15) is 0 Å². The van der Waals surface area contributed by atoms with E-state index in [1.54, 1.807) is 12.4 Å². The maximum Gasteiger partial charge on any atom is 0.0820 e. The minimum absolute atomic E-state index is 0.385. The van der Waals surface area contributed by atoms with Gasteiger partial charge in [-0.15, -0.1) is 0 Å². The molecule has 2 rings (SSSR count). The lowest BCUT2D eigenvalue weighted by Gasteiger charge is -2.27. The van der Waals surface area contributed by atoms with Gasteiger partial charge >= 0.3 is 0 Å². The SMILES string of the molecule is NC1CCC(Nc2ccncc2Cl)CC1. The first kappa shape index (κ1) is 10.7. The smallest absolute Gasteiger partial charge is 0.0820 e. The lowest BCUT2D eigenvalue weighted by molar-refractivity contribution is 0.411. The Kier molecular flexibility index (Phi) is 3.44. The summed E-state index contributed by atoms with van der Waals surface area (Å²) in [5.41, 5.74) is 6.84. The summed E-state index contributed by atoms with van der Waals surface area (Å²) >= 11 is 6.02. The Morgan fingerprint density at radius 1 is 1.33 bits per heavy atom. The lowest BCUT2D eigenvalue weighted by atomic mass is 9.92. The van der Waals surface area contributed by atoms with Crippen LogP contribution in [0, 0.1) is 0 Å². The van der Waals surface area contributed by atoms with Gasteiger partial charge in [-0.1, -0.05) is 11.6 Å². The third kappa shape index (κ3) is 2.83. The van der Waals surface area contributed by atoms with Gasteiger partial charge in [0.2, 0.25) is 0 Å². The monoisotopic (exact) mass is 225 g/mol. The van der Waals surface area contributed by atoms with Gasteiger partial charge in [-0.2, -0.15) is 0 Å². The van der Waals surface area contributed by atoms with Crippen LogP contribution >= 0.6 is 11.6 Å². The molecule has 3 nitrogen and oxygen atoms in total. The fourth-order valence-electron chi connectivity index (χ4n) is 1.98. The van der Waals surface area contributed by atoms with E-state index in [1.165, 1.54) is 0 Å². The highest BCUT2D eigenvalue weighted by atomic mass is 35.5. The summed E-state index contributed by atoms with van der Waals surface area (Å²) in [6.07, 6.45) is 7.86. The molecule has 0 amide bonds. The molecule has 1 aromatic rings. The Morgan fingerprint density at radius 2 is 2.07 bits per heavy atom. The number of aromatic nitrogens is 1. The first-order chi connectivity index (χ1) is 7.25. The van der Waals surface area contributed by atoms with Gasteiger partial charge < -0.3 is 11.1 Å². The van der Waals surface area contributed by atoms with E-state index in [0.717, 1.165) is 31.4 Å². The molecule has 4 heteroatoms. The van der Waals surface area contributed by atoms with Crippen LogP contribution in [-0.4, -0.2) is 17.1 Å².